The second-order valence-corrected chi connectivity index (χ2v) is 6.14. The van der Waals surface area contributed by atoms with Crippen LogP contribution >= 0.6 is 0 Å². The van der Waals surface area contributed by atoms with Crippen molar-refractivity contribution in [2.75, 3.05) is 12.1 Å². The number of hydrogen-bond donors (Lipinski definition) is 1. The highest BCUT2D eigenvalue weighted by atomic mass is 19.1. The lowest BCUT2D eigenvalue weighted by Crippen LogP contribution is -2.05. The molecule has 0 radical (unpaired) electrons. The average Bonchev–Trinajstić information content (AvgIpc) is 3.33. The Balaban J connectivity index is 1.45. The van der Waals surface area contributed by atoms with Gasteiger partial charge in [-0.1, -0.05) is 24.3 Å². The van der Waals surface area contributed by atoms with E-state index >= 15 is 0 Å². The van der Waals surface area contributed by atoms with Crippen molar-refractivity contribution in [1.82, 2.24) is 14.6 Å². The largest absolute Gasteiger partial charge is 0.454 e. The maximum Gasteiger partial charge on any atom is 0.231 e. The number of aromatic nitrogens is 3. The minimum atomic E-state index is -0.298. The Morgan fingerprint density at radius 3 is 2.85 bits per heavy atom. The van der Waals surface area contributed by atoms with E-state index in [-0.39, 0.29) is 12.6 Å². The van der Waals surface area contributed by atoms with Crippen LogP contribution in [0.5, 0.6) is 11.5 Å². The van der Waals surface area contributed by atoms with Crippen LogP contribution in [-0.4, -0.2) is 21.4 Å². The van der Waals surface area contributed by atoms with Gasteiger partial charge >= 0.3 is 0 Å². The number of nitrogens with zero attached hydrogens (tertiary/aromatic N) is 3. The minimum Gasteiger partial charge on any atom is -0.454 e. The van der Waals surface area contributed by atoms with Gasteiger partial charge < -0.3 is 14.8 Å². The average molecular weight is 362 g/mol. The summed E-state index contributed by atoms with van der Waals surface area (Å²) < 4.78 is 26.6. The highest BCUT2D eigenvalue weighted by Gasteiger charge is 2.15. The standard InChI is InChI=1S/C20H15FN4O2/c21-16-4-2-1-3-14(16)15-11-24-25-19(7-8-22-20(15)25)23-10-13-5-6-17-18(9-13)27-12-26-17/h1-9,11,23H,10,12H2. The molecule has 2 aromatic heterocycles. The second kappa shape index (κ2) is 6.28. The van der Waals surface area contributed by atoms with Gasteiger partial charge in [-0.2, -0.15) is 9.61 Å². The molecule has 5 rings (SSSR count). The molecule has 1 N–H and O–H groups in total. The number of nitrogens with one attached hydrogen (secondary N) is 1. The summed E-state index contributed by atoms with van der Waals surface area (Å²) in [5.74, 6) is 1.97. The lowest BCUT2D eigenvalue weighted by atomic mass is 10.1. The number of anilines is 1. The Labute approximate surface area is 154 Å². The van der Waals surface area contributed by atoms with E-state index in [9.17, 15) is 4.39 Å². The van der Waals surface area contributed by atoms with Gasteiger partial charge in [-0.15, -0.1) is 0 Å². The maximum absolute atomic E-state index is 14.2. The molecule has 1 aliphatic heterocycles. The molecule has 27 heavy (non-hydrogen) atoms. The zero-order valence-electron chi connectivity index (χ0n) is 14.2. The number of rotatable bonds is 4. The van der Waals surface area contributed by atoms with Crippen molar-refractivity contribution in [1.29, 1.82) is 0 Å². The van der Waals surface area contributed by atoms with Gasteiger partial charge in [0.25, 0.3) is 0 Å². The van der Waals surface area contributed by atoms with Gasteiger partial charge in [-0.05, 0) is 29.8 Å². The fraction of sp³-hybridized carbons (Fsp3) is 0.100. The SMILES string of the molecule is Fc1ccccc1-c1cnn2c(NCc3ccc4c(c3)OCO4)ccnc12. The molecule has 0 amide bonds. The fourth-order valence-corrected chi connectivity index (χ4v) is 3.14. The highest BCUT2D eigenvalue weighted by Crippen LogP contribution is 2.33. The first kappa shape index (κ1) is 15.6. The molecule has 0 saturated carbocycles. The normalized spacial score (nSPS) is 12.5. The predicted octanol–water partition coefficient (Wildman–Crippen LogP) is 3.88. The van der Waals surface area contributed by atoms with Crippen LogP contribution in [-0.2, 0) is 6.54 Å². The van der Waals surface area contributed by atoms with E-state index in [4.69, 9.17) is 9.47 Å². The molecule has 7 heteroatoms. The molecule has 2 aromatic carbocycles. The first-order chi connectivity index (χ1) is 13.3. The highest BCUT2D eigenvalue weighted by molar-refractivity contribution is 5.78. The smallest absolute Gasteiger partial charge is 0.231 e. The fourth-order valence-electron chi connectivity index (χ4n) is 3.14. The molecule has 0 unspecified atom stereocenters. The first-order valence-corrected chi connectivity index (χ1v) is 8.49. The van der Waals surface area contributed by atoms with Crippen LogP contribution in [0, 0.1) is 5.82 Å². The molecule has 6 nitrogen and oxygen atoms in total. The lowest BCUT2D eigenvalue weighted by molar-refractivity contribution is 0.174. The number of ether oxygens (including phenoxy) is 2. The van der Waals surface area contributed by atoms with Crippen LogP contribution in [0.4, 0.5) is 10.2 Å². The molecule has 1 aliphatic rings. The molecular weight excluding hydrogens is 347 g/mol. The van der Waals surface area contributed by atoms with Crippen molar-refractivity contribution in [2.24, 2.45) is 0 Å². The zero-order valence-corrected chi connectivity index (χ0v) is 14.2. The van der Waals surface area contributed by atoms with E-state index in [1.807, 2.05) is 24.3 Å². The van der Waals surface area contributed by atoms with Crippen LogP contribution in [0.3, 0.4) is 0 Å². The van der Waals surface area contributed by atoms with Crippen LogP contribution in [0.25, 0.3) is 16.8 Å². The van der Waals surface area contributed by atoms with Gasteiger partial charge in [0, 0.05) is 23.9 Å². The summed E-state index contributed by atoms with van der Waals surface area (Å²) in [6, 6.07) is 14.3. The third-order valence-electron chi connectivity index (χ3n) is 4.48. The summed E-state index contributed by atoms with van der Waals surface area (Å²) in [5, 5.41) is 7.73. The van der Waals surface area contributed by atoms with E-state index in [1.165, 1.54) is 6.07 Å². The summed E-state index contributed by atoms with van der Waals surface area (Å²) in [6.45, 7) is 0.827. The number of halogens is 1. The van der Waals surface area contributed by atoms with Gasteiger partial charge in [-0.25, -0.2) is 9.37 Å². The van der Waals surface area contributed by atoms with E-state index in [0.29, 0.717) is 23.3 Å². The summed E-state index contributed by atoms with van der Waals surface area (Å²) in [6.07, 6.45) is 3.32. The summed E-state index contributed by atoms with van der Waals surface area (Å²) in [5.41, 5.74) is 2.77. The number of hydrogen-bond acceptors (Lipinski definition) is 5. The molecular formula is C20H15FN4O2. The second-order valence-electron chi connectivity index (χ2n) is 6.14. The summed E-state index contributed by atoms with van der Waals surface area (Å²) >= 11 is 0. The van der Waals surface area contributed by atoms with E-state index < -0.39 is 0 Å². The van der Waals surface area contributed by atoms with Crippen molar-refractivity contribution >= 4 is 11.5 Å². The van der Waals surface area contributed by atoms with Crippen molar-refractivity contribution in [2.45, 2.75) is 6.54 Å². The van der Waals surface area contributed by atoms with Crippen molar-refractivity contribution < 1.29 is 13.9 Å². The molecule has 134 valence electrons. The zero-order chi connectivity index (χ0) is 18.2. The Kier molecular flexibility index (Phi) is 3.64. The number of fused-ring (bicyclic) bond motifs is 2. The Morgan fingerprint density at radius 2 is 1.93 bits per heavy atom. The first-order valence-electron chi connectivity index (χ1n) is 8.49. The molecule has 0 spiro atoms. The Hall–Kier alpha value is -3.61. The van der Waals surface area contributed by atoms with E-state index in [2.05, 4.69) is 15.4 Å². The van der Waals surface area contributed by atoms with Gasteiger partial charge in [0.05, 0.1) is 6.20 Å². The number of benzene rings is 2. The Bertz CT molecular complexity index is 1140. The molecule has 0 bridgehead atoms. The van der Waals surface area contributed by atoms with E-state index in [1.54, 1.807) is 35.1 Å². The van der Waals surface area contributed by atoms with E-state index in [0.717, 1.165) is 22.9 Å². The quantitative estimate of drug-likeness (QED) is 0.597. The monoisotopic (exact) mass is 362 g/mol. The van der Waals surface area contributed by atoms with Crippen LogP contribution in [0.2, 0.25) is 0 Å². The maximum atomic E-state index is 14.2. The molecule has 3 heterocycles. The molecule has 0 saturated heterocycles. The lowest BCUT2D eigenvalue weighted by Gasteiger charge is -2.09. The topological polar surface area (TPSA) is 60.7 Å². The molecule has 0 fully saturated rings. The van der Waals surface area contributed by atoms with Gasteiger partial charge in [0.15, 0.2) is 17.1 Å². The van der Waals surface area contributed by atoms with Gasteiger partial charge in [0.2, 0.25) is 6.79 Å². The van der Waals surface area contributed by atoms with Crippen molar-refractivity contribution in [3.05, 3.63) is 72.3 Å². The van der Waals surface area contributed by atoms with Crippen LogP contribution in [0.15, 0.2) is 60.9 Å². The van der Waals surface area contributed by atoms with Crippen LogP contribution < -0.4 is 14.8 Å². The predicted molar refractivity (Wildman–Crippen MR) is 98.3 cm³/mol. The third kappa shape index (κ3) is 2.73. The van der Waals surface area contributed by atoms with Crippen molar-refractivity contribution in [3.63, 3.8) is 0 Å². The van der Waals surface area contributed by atoms with Crippen LogP contribution in [0.1, 0.15) is 5.56 Å². The van der Waals surface area contributed by atoms with Crippen molar-refractivity contribution in [3.8, 4) is 22.6 Å². The summed E-state index contributed by atoms with van der Waals surface area (Å²) in [4.78, 5) is 4.38. The van der Waals surface area contributed by atoms with Gasteiger partial charge in [-0.3, -0.25) is 0 Å². The van der Waals surface area contributed by atoms with Gasteiger partial charge in [0.1, 0.15) is 11.6 Å². The minimum absolute atomic E-state index is 0.253. The third-order valence-corrected chi connectivity index (χ3v) is 4.48. The molecule has 0 atom stereocenters. The Morgan fingerprint density at radius 1 is 1.04 bits per heavy atom. The molecule has 4 aromatic rings. The molecule has 0 aliphatic carbocycles. The summed E-state index contributed by atoms with van der Waals surface area (Å²) in [7, 11) is 0.